The number of hydrogen-bond acceptors (Lipinski definition) is 6. The number of rotatable bonds is 8. The first-order valence-corrected chi connectivity index (χ1v) is 12.7. The Morgan fingerprint density at radius 3 is 2.46 bits per heavy atom. The first-order valence-electron chi connectivity index (χ1n) is 12.7. The Morgan fingerprint density at radius 1 is 1.09 bits per heavy atom. The average Bonchev–Trinajstić information content (AvgIpc) is 2.87. The van der Waals surface area contributed by atoms with Crippen LogP contribution in [0.5, 0.6) is 17.2 Å². The summed E-state index contributed by atoms with van der Waals surface area (Å²) < 4.78 is 17.1. The van der Waals surface area contributed by atoms with Crippen molar-refractivity contribution in [1.29, 1.82) is 5.26 Å². The highest BCUT2D eigenvalue weighted by Gasteiger charge is 2.32. The first-order chi connectivity index (χ1) is 17.0. The van der Waals surface area contributed by atoms with Crippen LogP contribution in [0.4, 0.5) is 0 Å². The predicted molar refractivity (Wildman–Crippen MR) is 134 cm³/mol. The summed E-state index contributed by atoms with van der Waals surface area (Å²) in [7, 11) is 0. The highest BCUT2D eigenvalue weighted by atomic mass is 16.5. The smallest absolute Gasteiger partial charge is 0.314 e. The van der Waals surface area contributed by atoms with Crippen molar-refractivity contribution in [3.63, 3.8) is 0 Å². The average molecular weight is 475 g/mol. The van der Waals surface area contributed by atoms with Crippen LogP contribution in [0.15, 0.2) is 53.9 Å². The number of nitrogens with zero attached hydrogens (tertiary/aromatic N) is 1. The van der Waals surface area contributed by atoms with Gasteiger partial charge in [-0.2, -0.15) is 5.26 Å². The number of benzene rings is 2. The SMILES string of the molecule is CCCCC1CCC(C(=O)Oc2ccc3c(c2)OC(N)=C(C#N)C3c2ccc(OCC)cc2)CC1. The van der Waals surface area contributed by atoms with E-state index in [1.165, 1.54) is 19.3 Å². The normalized spacial score (nSPS) is 21.5. The largest absolute Gasteiger partial charge is 0.494 e. The summed E-state index contributed by atoms with van der Waals surface area (Å²) in [5.74, 6) is 1.88. The van der Waals surface area contributed by atoms with Gasteiger partial charge in [-0.3, -0.25) is 4.79 Å². The topological polar surface area (TPSA) is 94.6 Å². The molecule has 0 amide bonds. The van der Waals surface area contributed by atoms with Crippen molar-refractivity contribution in [2.75, 3.05) is 6.61 Å². The Hall–Kier alpha value is -3.46. The number of nitrogens with two attached hydrogens (primary N) is 1. The monoisotopic (exact) mass is 474 g/mol. The van der Waals surface area contributed by atoms with E-state index >= 15 is 0 Å². The van der Waals surface area contributed by atoms with Crippen molar-refractivity contribution in [2.45, 2.75) is 64.7 Å². The molecule has 6 nitrogen and oxygen atoms in total. The number of allylic oxidation sites excluding steroid dienone is 1. The van der Waals surface area contributed by atoms with Gasteiger partial charge in [-0.05, 0) is 62.3 Å². The number of ether oxygens (including phenoxy) is 3. The molecule has 2 aliphatic rings. The van der Waals surface area contributed by atoms with Gasteiger partial charge in [0.15, 0.2) is 0 Å². The molecule has 1 unspecified atom stereocenters. The third-order valence-electron chi connectivity index (χ3n) is 7.08. The molecular formula is C29H34N2O4. The maximum absolute atomic E-state index is 12.8. The van der Waals surface area contributed by atoms with Gasteiger partial charge in [0, 0.05) is 11.6 Å². The van der Waals surface area contributed by atoms with E-state index in [0.717, 1.165) is 48.5 Å². The zero-order valence-corrected chi connectivity index (χ0v) is 20.6. The van der Waals surface area contributed by atoms with Gasteiger partial charge in [0.25, 0.3) is 0 Å². The van der Waals surface area contributed by atoms with E-state index in [-0.39, 0.29) is 23.7 Å². The van der Waals surface area contributed by atoms with Crippen LogP contribution in [0, 0.1) is 23.2 Å². The van der Waals surface area contributed by atoms with Gasteiger partial charge in [-0.1, -0.05) is 44.4 Å². The molecule has 1 aliphatic carbocycles. The number of esters is 1. The molecule has 1 saturated carbocycles. The van der Waals surface area contributed by atoms with E-state index in [4.69, 9.17) is 19.9 Å². The zero-order valence-electron chi connectivity index (χ0n) is 20.6. The van der Waals surface area contributed by atoms with Crippen molar-refractivity contribution in [2.24, 2.45) is 17.6 Å². The Morgan fingerprint density at radius 2 is 1.80 bits per heavy atom. The van der Waals surface area contributed by atoms with Crippen molar-refractivity contribution in [3.8, 4) is 23.3 Å². The minimum atomic E-state index is -0.373. The molecule has 1 heterocycles. The van der Waals surface area contributed by atoms with Crippen LogP contribution >= 0.6 is 0 Å². The summed E-state index contributed by atoms with van der Waals surface area (Å²) in [5.41, 5.74) is 8.19. The number of fused-ring (bicyclic) bond motifs is 1. The van der Waals surface area contributed by atoms with Gasteiger partial charge < -0.3 is 19.9 Å². The van der Waals surface area contributed by atoms with Crippen LogP contribution in [0.25, 0.3) is 0 Å². The van der Waals surface area contributed by atoms with E-state index in [1.54, 1.807) is 12.1 Å². The quantitative estimate of drug-likeness (QED) is 0.361. The predicted octanol–water partition coefficient (Wildman–Crippen LogP) is 6.21. The van der Waals surface area contributed by atoms with E-state index < -0.39 is 0 Å². The molecule has 0 spiro atoms. The molecule has 1 aliphatic heterocycles. The minimum Gasteiger partial charge on any atom is -0.494 e. The summed E-state index contributed by atoms with van der Waals surface area (Å²) in [6, 6.07) is 15.1. The molecular weight excluding hydrogens is 440 g/mol. The summed E-state index contributed by atoms with van der Waals surface area (Å²) in [5, 5.41) is 9.78. The summed E-state index contributed by atoms with van der Waals surface area (Å²) in [4.78, 5) is 12.8. The van der Waals surface area contributed by atoms with Crippen molar-refractivity contribution >= 4 is 5.97 Å². The zero-order chi connectivity index (χ0) is 24.8. The molecule has 2 aromatic carbocycles. The lowest BCUT2D eigenvalue weighted by molar-refractivity contribution is -0.140. The molecule has 0 radical (unpaired) electrons. The molecule has 4 rings (SSSR count). The van der Waals surface area contributed by atoms with E-state index in [2.05, 4.69) is 13.0 Å². The van der Waals surface area contributed by atoms with Crippen LogP contribution in [0.3, 0.4) is 0 Å². The van der Waals surface area contributed by atoms with Gasteiger partial charge in [-0.25, -0.2) is 0 Å². The number of unbranched alkanes of at least 4 members (excludes halogenated alkanes) is 1. The Kier molecular flexibility index (Phi) is 7.97. The Labute approximate surface area is 207 Å². The van der Waals surface area contributed by atoms with Crippen LogP contribution < -0.4 is 19.9 Å². The first kappa shape index (κ1) is 24.7. The highest BCUT2D eigenvalue weighted by molar-refractivity contribution is 5.75. The van der Waals surface area contributed by atoms with Crippen LogP contribution in [-0.4, -0.2) is 12.6 Å². The lowest BCUT2D eigenvalue weighted by Crippen LogP contribution is -2.26. The summed E-state index contributed by atoms with van der Waals surface area (Å²) >= 11 is 0. The maximum atomic E-state index is 12.8. The van der Waals surface area contributed by atoms with E-state index in [1.807, 2.05) is 37.3 Å². The minimum absolute atomic E-state index is 0.0587. The molecule has 2 N–H and O–H groups in total. The summed E-state index contributed by atoms with van der Waals surface area (Å²) in [6.07, 6.45) is 7.69. The van der Waals surface area contributed by atoms with Crippen molar-refractivity contribution in [3.05, 3.63) is 65.0 Å². The fourth-order valence-electron chi connectivity index (χ4n) is 5.14. The van der Waals surface area contributed by atoms with Crippen LogP contribution in [0.1, 0.15) is 75.8 Å². The molecule has 1 fully saturated rings. The van der Waals surface area contributed by atoms with Gasteiger partial charge in [-0.15, -0.1) is 0 Å². The molecule has 35 heavy (non-hydrogen) atoms. The number of nitriles is 1. The second-order valence-corrected chi connectivity index (χ2v) is 9.41. The third kappa shape index (κ3) is 5.62. The van der Waals surface area contributed by atoms with Gasteiger partial charge in [0.1, 0.15) is 28.9 Å². The standard InChI is InChI=1S/C29H34N2O4/c1-3-5-6-19-7-9-21(10-8-19)29(32)34-23-15-16-24-26(17-23)35-28(31)25(18-30)27(24)20-11-13-22(14-12-20)33-4-2/h11-17,19,21,27H,3-10,31H2,1-2H3. The number of carbonyl (C=O) groups excluding carboxylic acids is 1. The second kappa shape index (κ2) is 11.3. The second-order valence-electron chi connectivity index (χ2n) is 9.41. The van der Waals surface area contributed by atoms with E-state index in [0.29, 0.717) is 23.7 Å². The molecule has 184 valence electrons. The van der Waals surface area contributed by atoms with Crippen LogP contribution in [-0.2, 0) is 4.79 Å². The van der Waals surface area contributed by atoms with Crippen molar-refractivity contribution in [1.82, 2.24) is 0 Å². The Balaban J connectivity index is 1.50. The molecule has 6 heteroatoms. The third-order valence-corrected chi connectivity index (χ3v) is 7.08. The molecule has 0 aromatic heterocycles. The molecule has 2 aromatic rings. The van der Waals surface area contributed by atoms with Gasteiger partial charge in [0.05, 0.1) is 18.4 Å². The molecule has 1 atom stereocenters. The molecule has 0 saturated heterocycles. The number of hydrogen-bond donors (Lipinski definition) is 1. The summed E-state index contributed by atoms with van der Waals surface area (Å²) in [6.45, 7) is 4.73. The fraction of sp³-hybridized carbons (Fsp3) is 0.448. The van der Waals surface area contributed by atoms with E-state index in [9.17, 15) is 10.1 Å². The Bertz CT molecular complexity index is 1110. The number of carbonyl (C=O) groups is 1. The van der Waals surface area contributed by atoms with Crippen molar-refractivity contribution < 1.29 is 19.0 Å². The lowest BCUT2D eigenvalue weighted by Gasteiger charge is -2.28. The van der Waals surface area contributed by atoms with Gasteiger partial charge >= 0.3 is 5.97 Å². The molecule has 0 bridgehead atoms. The highest BCUT2D eigenvalue weighted by Crippen LogP contribution is 2.44. The van der Waals surface area contributed by atoms with Gasteiger partial charge in [0.2, 0.25) is 5.88 Å². The maximum Gasteiger partial charge on any atom is 0.314 e. The van der Waals surface area contributed by atoms with Crippen LogP contribution in [0.2, 0.25) is 0 Å². The fourth-order valence-corrected chi connectivity index (χ4v) is 5.14. The lowest BCUT2D eigenvalue weighted by atomic mass is 9.80.